The van der Waals surface area contributed by atoms with Crippen LogP contribution in [0, 0.1) is 5.92 Å². The second kappa shape index (κ2) is 8.97. The summed E-state index contributed by atoms with van der Waals surface area (Å²) in [6, 6.07) is 11.9. The molecule has 0 spiro atoms. The van der Waals surface area contributed by atoms with E-state index in [1.807, 2.05) is 32.0 Å². The van der Waals surface area contributed by atoms with Gasteiger partial charge in [0.1, 0.15) is 13.2 Å². The quantitative estimate of drug-likeness (QED) is 0.743. The normalized spacial score (nSPS) is 13.7. The lowest BCUT2D eigenvalue weighted by atomic mass is 9.95. The Labute approximate surface area is 168 Å². The summed E-state index contributed by atoms with van der Waals surface area (Å²) < 4.78 is 16.3. The fourth-order valence-corrected chi connectivity index (χ4v) is 3.15. The molecule has 2 aromatic carbocycles. The number of fused-ring (bicyclic) bond motifs is 1. The predicted octanol–water partition coefficient (Wildman–Crippen LogP) is 3.78. The molecule has 3 rings (SSSR count). The van der Waals surface area contributed by atoms with Crippen LogP contribution in [0.15, 0.2) is 42.5 Å². The van der Waals surface area contributed by atoms with Crippen molar-refractivity contribution in [1.29, 1.82) is 0 Å². The van der Waals surface area contributed by atoms with Gasteiger partial charge in [0.15, 0.2) is 18.1 Å². The zero-order chi connectivity index (χ0) is 20.1. The summed E-state index contributed by atoms with van der Waals surface area (Å²) in [6.45, 7) is 4.62. The van der Waals surface area contributed by atoms with Crippen LogP contribution in [-0.4, -0.2) is 31.7 Å². The van der Waals surface area contributed by atoms with Crippen LogP contribution in [0.2, 0.25) is 5.02 Å². The molecule has 1 aliphatic heterocycles. The molecule has 1 N–H and O–H groups in total. The lowest BCUT2D eigenvalue weighted by Crippen LogP contribution is -2.35. The molecule has 148 valence electrons. The predicted molar refractivity (Wildman–Crippen MR) is 105 cm³/mol. The highest BCUT2D eigenvalue weighted by Crippen LogP contribution is 2.34. The van der Waals surface area contributed by atoms with E-state index in [4.69, 9.17) is 25.8 Å². The third kappa shape index (κ3) is 4.75. The topological polar surface area (TPSA) is 73.9 Å². The number of esters is 1. The van der Waals surface area contributed by atoms with Crippen molar-refractivity contribution in [2.75, 3.05) is 19.8 Å². The Morgan fingerprint density at radius 3 is 2.54 bits per heavy atom. The molecule has 0 bridgehead atoms. The van der Waals surface area contributed by atoms with Gasteiger partial charge in [-0.25, -0.2) is 4.79 Å². The van der Waals surface area contributed by atoms with E-state index in [1.54, 1.807) is 24.3 Å². The molecule has 0 saturated heterocycles. The van der Waals surface area contributed by atoms with E-state index in [2.05, 4.69) is 5.32 Å². The molecule has 0 aromatic heterocycles. The highest BCUT2D eigenvalue weighted by molar-refractivity contribution is 6.33. The average molecular weight is 404 g/mol. The average Bonchev–Trinajstić information content (AvgIpc) is 2.70. The first-order chi connectivity index (χ1) is 13.5. The van der Waals surface area contributed by atoms with Crippen molar-refractivity contribution in [2.24, 2.45) is 5.92 Å². The van der Waals surface area contributed by atoms with Crippen molar-refractivity contribution in [1.82, 2.24) is 5.32 Å². The Balaban J connectivity index is 1.63. The molecule has 0 fully saturated rings. The summed E-state index contributed by atoms with van der Waals surface area (Å²) in [7, 11) is 0. The summed E-state index contributed by atoms with van der Waals surface area (Å²) in [6.07, 6.45) is 0. The number of nitrogens with one attached hydrogen (secondary N) is 1. The number of rotatable bonds is 6. The number of amides is 1. The van der Waals surface area contributed by atoms with Crippen LogP contribution in [0.25, 0.3) is 0 Å². The second-order valence-electron chi connectivity index (χ2n) is 6.75. The van der Waals surface area contributed by atoms with Gasteiger partial charge in [-0.3, -0.25) is 4.79 Å². The molecule has 0 radical (unpaired) electrons. The van der Waals surface area contributed by atoms with Gasteiger partial charge in [0.2, 0.25) is 0 Å². The molecule has 0 aliphatic carbocycles. The van der Waals surface area contributed by atoms with Gasteiger partial charge in [0.05, 0.1) is 16.6 Å². The molecule has 1 heterocycles. The third-order valence-corrected chi connectivity index (χ3v) is 4.67. The van der Waals surface area contributed by atoms with Crippen molar-refractivity contribution >= 4 is 23.5 Å². The maximum absolute atomic E-state index is 12.4. The van der Waals surface area contributed by atoms with E-state index in [0.29, 0.717) is 24.7 Å². The fourth-order valence-electron chi connectivity index (χ4n) is 2.94. The van der Waals surface area contributed by atoms with E-state index in [1.165, 1.54) is 0 Å². The SMILES string of the molecule is CC(C)[C@@H](NC(=O)COC(=O)c1ccccc1Cl)c1ccc2c(c1)OCCO2. The van der Waals surface area contributed by atoms with Crippen LogP contribution < -0.4 is 14.8 Å². The summed E-state index contributed by atoms with van der Waals surface area (Å²) in [5.74, 6) is 0.437. The third-order valence-electron chi connectivity index (χ3n) is 4.34. The van der Waals surface area contributed by atoms with Gasteiger partial charge in [0.25, 0.3) is 5.91 Å². The first kappa shape index (κ1) is 20.0. The lowest BCUT2D eigenvalue weighted by Gasteiger charge is -2.25. The Morgan fingerprint density at radius 2 is 1.82 bits per heavy atom. The number of carbonyl (C=O) groups excluding carboxylic acids is 2. The van der Waals surface area contributed by atoms with Crippen LogP contribution >= 0.6 is 11.6 Å². The van der Waals surface area contributed by atoms with Crippen molar-refractivity contribution in [3.8, 4) is 11.5 Å². The summed E-state index contributed by atoms with van der Waals surface area (Å²) in [5.41, 5.74) is 1.12. The van der Waals surface area contributed by atoms with Gasteiger partial charge in [-0.1, -0.05) is 43.6 Å². The van der Waals surface area contributed by atoms with Crippen LogP contribution in [-0.2, 0) is 9.53 Å². The van der Waals surface area contributed by atoms with E-state index in [0.717, 1.165) is 5.56 Å². The van der Waals surface area contributed by atoms with Gasteiger partial charge < -0.3 is 19.5 Å². The highest BCUT2D eigenvalue weighted by Gasteiger charge is 2.22. The number of hydrogen-bond acceptors (Lipinski definition) is 5. The summed E-state index contributed by atoms with van der Waals surface area (Å²) in [4.78, 5) is 24.5. The maximum atomic E-state index is 12.4. The maximum Gasteiger partial charge on any atom is 0.340 e. The lowest BCUT2D eigenvalue weighted by molar-refractivity contribution is -0.125. The summed E-state index contributed by atoms with van der Waals surface area (Å²) in [5, 5.41) is 3.20. The van der Waals surface area contributed by atoms with E-state index in [9.17, 15) is 9.59 Å². The highest BCUT2D eigenvalue weighted by atomic mass is 35.5. The zero-order valence-electron chi connectivity index (χ0n) is 15.7. The largest absolute Gasteiger partial charge is 0.486 e. The van der Waals surface area contributed by atoms with Crippen LogP contribution in [0.1, 0.15) is 35.8 Å². The standard InChI is InChI=1S/C21H22ClNO5/c1-13(2)20(14-7-8-17-18(11-14)27-10-9-26-17)23-19(24)12-28-21(25)15-5-3-4-6-16(15)22/h3-8,11,13,20H,9-10,12H2,1-2H3,(H,23,24)/t20-/m1/s1. The Bertz CT molecular complexity index is 868. The molecule has 6 nitrogen and oxygen atoms in total. The minimum absolute atomic E-state index is 0.116. The van der Waals surface area contributed by atoms with Gasteiger partial charge in [-0.05, 0) is 35.7 Å². The van der Waals surface area contributed by atoms with Crippen molar-refractivity contribution in [3.63, 3.8) is 0 Å². The van der Waals surface area contributed by atoms with Gasteiger partial charge in [-0.2, -0.15) is 0 Å². The Hall–Kier alpha value is -2.73. The number of carbonyl (C=O) groups is 2. The van der Waals surface area contributed by atoms with E-state index >= 15 is 0 Å². The monoisotopic (exact) mass is 403 g/mol. The van der Waals surface area contributed by atoms with Crippen LogP contribution in [0.3, 0.4) is 0 Å². The fraction of sp³-hybridized carbons (Fsp3) is 0.333. The van der Waals surface area contributed by atoms with E-state index < -0.39 is 18.5 Å². The zero-order valence-corrected chi connectivity index (χ0v) is 16.5. The van der Waals surface area contributed by atoms with Gasteiger partial charge >= 0.3 is 5.97 Å². The Kier molecular flexibility index (Phi) is 6.41. The van der Waals surface area contributed by atoms with Crippen LogP contribution in [0.5, 0.6) is 11.5 Å². The summed E-state index contributed by atoms with van der Waals surface area (Å²) >= 11 is 5.97. The second-order valence-corrected chi connectivity index (χ2v) is 7.16. The number of benzene rings is 2. The molecule has 1 aliphatic rings. The molecule has 1 atom stereocenters. The van der Waals surface area contributed by atoms with Crippen LogP contribution in [0.4, 0.5) is 0 Å². The van der Waals surface area contributed by atoms with Crippen molar-refractivity contribution < 1.29 is 23.8 Å². The molecule has 7 heteroatoms. The smallest absolute Gasteiger partial charge is 0.340 e. The number of ether oxygens (including phenoxy) is 3. The molecule has 28 heavy (non-hydrogen) atoms. The first-order valence-corrected chi connectivity index (χ1v) is 9.44. The molecule has 0 unspecified atom stereocenters. The number of hydrogen-bond donors (Lipinski definition) is 1. The minimum atomic E-state index is -0.638. The molecule has 2 aromatic rings. The molecular weight excluding hydrogens is 382 g/mol. The molecule has 0 saturated carbocycles. The van der Waals surface area contributed by atoms with E-state index in [-0.39, 0.29) is 22.5 Å². The number of halogens is 1. The van der Waals surface area contributed by atoms with Gasteiger partial charge in [-0.15, -0.1) is 0 Å². The molecular formula is C21H22ClNO5. The molecule has 1 amide bonds. The van der Waals surface area contributed by atoms with Gasteiger partial charge in [0, 0.05) is 0 Å². The van der Waals surface area contributed by atoms with Crippen molar-refractivity contribution in [3.05, 3.63) is 58.6 Å². The minimum Gasteiger partial charge on any atom is -0.486 e. The first-order valence-electron chi connectivity index (χ1n) is 9.06. The van der Waals surface area contributed by atoms with Crippen molar-refractivity contribution in [2.45, 2.75) is 19.9 Å². The Morgan fingerprint density at radius 1 is 1.11 bits per heavy atom.